The van der Waals surface area contributed by atoms with E-state index in [2.05, 4.69) is 15.3 Å². The molecule has 6 heteroatoms. The molecule has 0 aromatic carbocycles. The highest BCUT2D eigenvalue weighted by Crippen LogP contribution is 2.45. The van der Waals surface area contributed by atoms with Gasteiger partial charge in [0.15, 0.2) is 0 Å². The summed E-state index contributed by atoms with van der Waals surface area (Å²) in [5.74, 6) is 0.200. The van der Waals surface area contributed by atoms with E-state index in [0.717, 1.165) is 12.1 Å². The number of nitrogens with one attached hydrogen (secondary N) is 1. The first-order chi connectivity index (χ1) is 9.05. The Labute approximate surface area is 112 Å². The minimum atomic E-state index is -0.755. The Balaban J connectivity index is 2.00. The molecule has 0 aliphatic heterocycles. The number of carboxylic acid groups (broad SMARTS) is 1. The van der Waals surface area contributed by atoms with Crippen LogP contribution in [0.4, 0.5) is 5.95 Å². The molecule has 0 unspecified atom stereocenters. The highest BCUT2D eigenvalue weighted by molar-refractivity contribution is 5.78. The lowest BCUT2D eigenvalue weighted by Gasteiger charge is -2.12. The smallest absolute Gasteiger partial charge is 0.311 e. The molecule has 0 bridgehead atoms. The second-order valence-electron chi connectivity index (χ2n) is 4.96. The Hall–Kier alpha value is -1.85. The van der Waals surface area contributed by atoms with Crippen LogP contribution in [0.1, 0.15) is 31.9 Å². The first-order valence-electron chi connectivity index (χ1n) is 6.51. The Bertz CT molecular complexity index is 472. The number of aromatic nitrogens is 2. The molecule has 0 amide bonds. The van der Waals surface area contributed by atoms with E-state index in [4.69, 9.17) is 9.84 Å². The van der Waals surface area contributed by atoms with Gasteiger partial charge in [-0.3, -0.25) is 4.79 Å². The van der Waals surface area contributed by atoms with Crippen molar-refractivity contribution in [2.75, 3.05) is 18.5 Å². The molecule has 104 valence electrons. The number of aliphatic carboxylic acids is 1. The molecule has 1 aromatic heterocycles. The van der Waals surface area contributed by atoms with Gasteiger partial charge >= 0.3 is 5.97 Å². The number of hydrogen-bond acceptors (Lipinski definition) is 5. The van der Waals surface area contributed by atoms with Crippen LogP contribution in [-0.4, -0.2) is 34.2 Å². The molecular formula is C13H19N3O3. The molecule has 0 radical (unpaired) electrons. The molecule has 1 saturated carbocycles. The van der Waals surface area contributed by atoms with Gasteiger partial charge in [-0.25, -0.2) is 4.98 Å². The molecule has 1 aliphatic carbocycles. The van der Waals surface area contributed by atoms with Crippen molar-refractivity contribution in [2.24, 2.45) is 5.41 Å². The molecule has 0 spiro atoms. The van der Waals surface area contributed by atoms with Crippen LogP contribution in [-0.2, 0) is 4.79 Å². The van der Waals surface area contributed by atoms with Gasteiger partial charge in [0.1, 0.15) is 0 Å². The van der Waals surface area contributed by atoms with Crippen LogP contribution < -0.4 is 10.1 Å². The predicted molar refractivity (Wildman–Crippen MR) is 70.3 cm³/mol. The number of nitrogens with zero attached hydrogens (tertiary/aromatic N) is 2. The monoisotopic (exact) mass is 265 g/mol. The third-order valence-electron chi connectivity index (χ3n) is 3.18. The summed E-state index contributed by atoms with van der Waals surface area (Å²) in [6.45, 7) is 4.85. The van der Waals surface area contributed by atoms with Crippen LogP contribution >= 0.6 is 0 Å². The SMILES string of the molecule is CCCOc1cc(C)nc(NCC2(C(=O)O)CC2)n1. The van der Waals surface area contributed by atoms with Gasteiger partial charge in [0.25, 0.3) is 0 Å². The second kappa shape index (κ2) is 5.42. The van der Waals surface area contributed by atoms with Crippen molar-refractivity contribution in [3.63, 3.8) is 0 Å². The Morgan fingerprint density at radius 2 is 2.26 bits per heavy atom. The molecular weight excluding hydrogens is 246 g/mol. The van der Waals surface area contributed by atoms with Gasteiger partial charge in [-0.05, 0) is 26.2 Å². The molecule has 0 atom stereocenters. The summed E-state index contributed by atoms with van der Waals surface area (Å²) in [6.07, 6.45) is 2.33. The summed E-state index contributed by atoms with van der Waals surface area (Å²) in [4.78, 5) is 19.5. The van der Waals surface area contributed by atoms with Gasteiger partial charge < -0.3 is 15.2 Å². The van der Waals surface area contributed by atoms with Gasteiger partial charge in [-0.15, -0.1) is 0 Å². The number of anilines is 1. The quantitative estimate of drug-likeness (QED) is 0.782. The summed E-state index contributed by atoms with van der Waals surface area (Å²) in [5, 5.41) is 12.1. The van der Waals surface area contributed by atoms with Crippen molar-refractivity contribution >= 4 is 11.9 Å². The van der Waals surface area contributed by atoms with Crippen molar-refractivity contribution in [1.82, 2.24) is 9.97 Å². The molecule has 1 aromatic rings. The highest BCUT2D eigenvalue weighted by Gasteiger charge is 2.50. The van der Waals surface area contributed by atoms with Crippen LogP contribution in [0.3, 0.4) is 0 Å². The van der Waals surface area contributed by atoms with E-state index in [1.165, 1.54) is 0 Å². The normalized spacial score (nSPS) is 15.9. The van der Waals surface area contributed by atoms with Crippen molar-refractivity contribution in [2.45, 2.75) is 33.1 Å². The third kappa shape index (κ3) is 3.33. The molecule has 1 aliphatic rings. The maximum absolute atomic E-state index is 11.1. The van der Waals surface area contributed by atoms with E-state index < -0.39 is 11.4 Å². The largest absolute Gasteiger partial charge is 0.481 e. The van der Waals surface area contributed by atoms with Crippen molar-refractivity contribution in [3.05, 3.63) is 11.8 Å². The van der Waals surface area contributed by atoms with E-state index in [-0.39, 0.29) is 0 Å². The number of hydrogen-bond donors (Lipinski definition) is 2. The fourth-order valence-corrected chi connectivity index (χ4v) is 1.76. The first kappa shape index (κ1) is 13.6. The molecule has 0 saturated heterocycles. The average Bonchev–Trinajstić information content (AvgIpc) is 3.14. The zero-order valence-corrected chi connectivity index (χ0v) is 11.3. The molecule has 6 nitrogen and oxygen atoms in total. The van der Waals surface area contributed by atoms with Crippen LogP contribution in [0.25, 0.3) is 0 Å². The van der Waals surface area contributed by atoms with Crippen molar-refractivity contribution in [1.29, 1.82) is 0 Å². The number of rotatable bonds is 7. The van der Waals surface area contributed by atoms with E-state index in [0.29, 0.717) is 37.8 Å². The van der Waals surface area contributed by atoms with Crippen LogP contribution in [0.5, 0.6) is 5.88 Å². The predicted octanol–water partition coefficient (Wildman–Crippen LogP) is 1.85. The van der Waals surface area contributed by atoms with E-state index >= 15 is 0 Å². The third-order valence-corrected chi connectivity index (χ3v) is 3.18. The Morgan fingerprint density at radius 3 is 2.84 bits per heavy atom. The van der Waals surface area contributed by atoms with Crippen molar-refractivity contribution in [3.8, 4) is 5.88 Å². The van der Waals surface area contributed by atoms with Gasteiger partial charge in [0.2, 0.25) is 11.8 Å². The van der Waals surface area contributed by atoms with Crippen LogP contribution in [0, 0.1) is 12.3 Å². The summed E-state index contributed by atoms with van der Waals surface area (Å²) in [5.41, 5.74) is 0.168. The summed E-state index contributed by atoms with van der Waals surface area (Å²) in [6, 6.07) is 1.77. The highest BCUT2D eigenvalue weighted by atomic mass is 16.5. The average molecular weight is 265 g/mol. The van der Waals surface area contributed by atoms with E-state index in [1.807, 2.05) is 13.8 Å². The van der Waals surface area contributed by atoms with E-state index in [9.17, 15) is 4.79 Å². The van der Waals surface area contributed by atoms with Gasteiger partial charge in [-0.1, -0.05) is 6.92 Å². The fraction of sp³-hybridized carbons (Fsp3) is 0.615. The Kier molecular flexibility index (Phi) is 3.87. The number of aryl methyl sites for hydroxylation is 1. The minimum absolute atomic E-state index is 0.360. The van der Waals surface area contributed by atoms with Crippen LogP contribution in [0.2, 0.25) is 0 Å². The zero-order chi connectivity index (χ0) is 13.9. The minimum Gasteiger partial charge on any atom is -0.481 e. The number of carboxylic acids is 1. The van der Waals surface area contributed by atoms with Crippen LogP contribution in [0.15, 0.2) is 6.07 Å². The maximum atomic E-state index is 11.1. The molecule has 1 heterocycles. The first-order valence-corrected chi connectivity index (χ1v) is 6.51. The fourth-order valence-electron chi connectivity index (χ4n) is 1.76. The van der Waals surface area contributed by atoms with Gasteiger partial charge in [-0.2, -0.15) is 4.98 Å². The molecule has 19 heavy (non-hydrogen) atoms. The van der Waals surface area contributed by atoms with E-state index in [1.54, 1.807) is 6.07 Å². The number of carbonyl (C=O) groups is 1. The standard InChI is InChI=1S/C13H19N3O3/c1-3-6-19-10-7-9(2)15-12(16-10)14-8-13(4-5-13)11(17)18/h7H,3-6,8H2,1-2H3,(H,17,18)(H,14,15,16). The lowest BCUT2D eigenvalue weighted by atomic mass is 10.1. The number of ether oxygens (including phenoxy) is 1. The summed E-state index contributed by atoms with van der Waals surface area (Å²) >= 11 is 0. The van der Waals surface area contributed by atoms with Crippen molar-refractivity contribution < 1.29 is 14.6 Å². The second-order valence-corrected chi connectivity index (χ2v) is 4.96. The zero-order valence-electron chi connectivity index (χ0n) is 11.3. The molecule has 2 rings (SSSR count). The Morgan fingerprint density at radius 1 is 1.53 bits per heavy atom. The summed E-state index contributed by atoms with van der Waals surface area (Å²) in [7, 11) is 0. The van der Waals surface area contributed by atoms with Gasteiger partial charge in [0, 0.05) is 18.3 Å². The summed E-state index contributed by atoms with van der Waals surface area (Å²) < 4.78 is 5.46. The maximum Gasteiger partial charge on any atom is 0.311 e. The van der Waals surface area contributed by atoms with Gasteiger partial charge in [0.05, 0.1) is 12.0 Å². The molecule has 1 fully saturated rings. The lowest BCUT2D eigenvalue weighted by Crippen LogP contribution is -2.25. The molecule has 2 N–H and O–H groups in total. The lowest BCUT2D eigenvalue weighted by molar-refractivity contribution is -0.142. The topological polar surface area (TPSA) is 84.3 Å².